The summed E-state index contributed by atoms with van der Waals surface area (Å²) in [4.78, 5) is 3.53. The van der Waals surface area contributed by atoms with Crippen LogP contribution < -0.4 is 4.74 Å². The van der Waals surface area contributed by atoms with Gasteiger partial charge in [0.15, 0.2) is 0 Å². The highest BCUT2D eigenvalue weighted by atomic mass is 16.5. The fourth-order valence-corrected chi connectivity index (χ4v) is 3.99. The van der Waals surface area contributed by atoms with E-state index in [1.54, 1.807) is 0 Å². The first-order chi connectivity index (χ1) is 11.9. The van der Waals surface area contributed by atoms with Gasteiger partial charge in [0.05, 0.1) is 5.52 Å². The Morgan fingerprint density at radius 1 is 0.583 bits per heavy atom. The van der Waals surface area contributed by atoms with Gasteiger partial charge < -0.3 is 9.72 Å². The first-order valence-corrected chi connectivity index (χ1v) is 8.13. The predicted octanol–water partition coefficient (Wildman–Crippen LogP) is 6.25. The summed E-state index contributed by atoms with van der Waals surface area (Å²) in [6.07, 6.45) is 0. The minimum absolute atomic E-state index is 0.924. The van der Waals surface area contributed by atoms with Gasteiger partial charge in [0.25, 0.3) is 0 Å². The summed E-state index contributed by atoms with van der Waals surface area (Å²) < 4.78 is 6.23. The van der Waals surface area contributed by atoms with Gasteiger partial charge in [0, 0.05) is 33.3 Å². The molecule has 112 valence electrons. The van der Waals surface area contributed by atoms with Crippen LogP contribution in [0.1, 0.15) is 0 Å². The fourth-order valence-electron chi connectivity index (χ4n) is 3.99. The van der Waals surface area contributed by atoms with Gasteiger partial charge in [-0.3, -0.25) is 0 Å². The zero-order valence-corrected chi connectivity index (χ0v) is 12.8. The Labute approximate surface area is 138 Å². The molecule has 1 aliphatic rings. The number of nitrogens with one attached hydrogen (secondary N) is 1. The second-order valence-electron chi connectivity index (χ2n) is 6.29. The molecule has 0 saturated carbocycles. The number of hydrogen-bond acceptors (Lipinski definition) is 1. The number of para-hydroxylation sites is 2. The number of rotatable bonds is 0. The first kappa shape index (κ1) is 12.2. The van der Waals surface area contributed by atoms with Gasteiger partial charge >= 0.3 is 0 Å². The maximum absolute atomic E-state index is 6.23. The Balaban J connectivity index is 1.89. The van der Waals surface area contributed by atoms with E-state index in [4.69, 9.17) is 4.74 Å². The number of benzene rings is 4. The molecule has 0 aliphatic carbocycles. The second-order valence-corrected chi connectivity index (χ2v) is 6.29. The summed E-state index contributed by atoms with van der Waals surface area (Å²) in [5.74, 6) is 1.85. The minimum Gasteiger partial charge on any atom is -0.456 e. The van der Waals surface area contributed by atoms with E-state index >= 15 is 0 Å². The highest BCUT2D eigenvalue weighted by molar-refractivity contribution is 6.24. The monoisotopic (exact) mass is 307 g/mol. The molecule has 5 aromatic rings. The number of hydrogen-bond donors (Lipinski definition) is 1. The van der Waals surface area contributed by atoms with Crippen LogP contribution in [0.2, 0.25) is 0 Å². The van der Waals surface area contributed by atoms with Crippen LogP contribution in [0.4, 0.5) is 0 Å². The van der Waals surface area contributed by atoms with E-state index in [9.17, 15) is 0 Å². The normalized spacial score (nSPS) is 12.5. The lowest BCUT2D eigenvalue weighted by molar-refractivity contribution is 0.487. The molecule has 0 atom stereocenters. The molecule has 0 unspecified atom stereocenters. The van der Waals surface area contributed by atoms with Gasteiger partial charge in [0.2, 0.25) is 0 Å². The number of H-pyrrole nitrogens is 1. The lowest BCUT2D eigenvalue weighted by Crippen LogP contribution is -1.96. The van der Waals surface area contributed by atoms with E-state index in [1.807, 2.05) is 12.1 Å². The average molecular weight is 307 g/mol. The predicted molar refractivity (Wildman–Crippen MR) is 98.8 cm³/mol. The van der Waals surface area contributed by atoms with Gasteiger partial charge in [-0.15, -0.1) is 0 Å². The fraction of sp³-hybridized carbons (Fsp3) is 0. The van der Waals surface area contributed by atoms with Crippen molar-refractivity contribution >= 4 is 32.6 Å². The summed E-state index contributed by atoms with van der Waals surface area (Å²) in [6, 6.07) is 25.4. The summed E-state index contributed by atoms with van der Waals surface area (Å²) in [5.41, 5.74) is 4.69. The lowest BCUT2D eigenvalue weighted by Gasteiger charge is -2.21. The van der Waals surface area contributed by atoms with Crippen LogP contribution in [0.25, 0.3) is 43.7 Å². The van der Waals surface area contributed by atoms with Crippen LogP contribution in [-0.4, -0.2) is 4.98 Å². The SMILES string of the molecule is c1ccc2c(c1)Oc1cc3[nH]c4ccccc4c3c3cccc-2c13. The van der Waals surface area contributed by atoms with Crippen molar-refractivity contribution in [1.29, 1.82) is 0 Å². The third-order valence-corrected chi connectivity index (χ3v) is 4.99. The van der Waals surface area contributed by atoms with E-state index in [2.05, 4.69) is 65.6 Å². The molecule has 1 N–H and O–H groups in total. The average Bonchev–Trinajstić information content (AvgIpc) is 3.00. The van der Waals surface area contributed by atoms with Crippen molar-refractivity contribution in [2.45, 2.75) is 0 Å². The Bertz CT molecular complexity index is 1280. The van der Waals surface area contributed by atoms with Crippen LogP contribution in [0, 0.1) is 0 Å². The van der Waals surface area contributed by atoms with E-state index in [-0.39, 0.29) is 0 Å². The molecule has 0 radical (unpaired) electrons. The summed E-state index contributed by atoms with van der Waals surface area (Å²) in [6.45, 7) is 0. The van der Waals surface area contributed by atoms with Gasteiger partial charge in [-0.1, -0.05) is 54.6 Å². The second kappa shape index (κ2) is 4.18. The molecule has 0 amide bonds. The van der Waals surface area contributed by atoms with Crippen LogP contribution >= 0.6 is 0 Å². The van der Waals surface area contributed by atoms with Crippen molar-refractivity contribution in [3.63, 3.8) is 0 Å². The molecule has 0 bridgehead atoms. The Morgan fingerprint density at radius 2 is 1.38 bits per heavy atom. The van der Waals surface area contributed by atoms with Crippen molar-refractivity contribution < 1.29 is 4.74 Å². The van der Waals surface area contributed by atoms with Crippen LogP contribution in [-0.2, 0) is 0 Å². The van der Waals surface area contributed by atoms with Crippen LogP contribution in [0.15, 0.2) is 72.8 Å². The molecule has 0 saturated heterocycles. The summed E-state index contributed by atoms with van der Waals surface area (Å²) in [7, 11) is 0. The number of fused-ring (bicyclic) bond motifs is 6. The van der Waals surface area contributed by atoms with Crippen molar-refractivity contribution in [3.05, 3.63) is 72.8 Å². The first-order valence-electron chi connectivity index (χ1n) is 8.13. The lowest BCUT2D eigenvalue weighted by atomic mass is 9.92. The van der Waals surface area contributed by atoms with Gasteiger partial charge in [0.1, 0.15) is 11.5 Å². The van der Waals surface area contributed by atoms with Gasteiger partial charge in [-0.05, 0) is 23.1 Å². The van der Waals surface area contributed by atoms with Crippen LogP contribution in [0.3, 0.4) is 0 Å². The molecule has 0 fully saturated rings. The molecule has 6 rings (SSSR count). The number of aromatic amines is 1. The Kier molecular flexibility index (Phi) is 2.12. The Morgan fingerprint density at radius 3 is 2.38 bits per heavy atom. The van der Waals surface area contributed by atoms with Crippen molar-refractivity contribution in [2.75, 3.05) is 0 Å². The molecular formula is C22H13NO. The van der Waals surface area contributed by atoms with Crippen molar-refractivity contribution in [2.24, 2.45) is 0 Å². The molecule has 4 aromatic carbocycles. The zero-order chi connectivity index (χ0) is 15.7. The number of aromatic nitrogens is 1. The van der Waals surface area contributed by atoms with E-state index in [1.165, 1.54) is 27.1 Å². The van der Waals surface area contributed by atoms with Gasteiger partial charge in [-0.2, -0.15) is 0 Å². The molecule has 24 heavy (non-hydrogen) atoms. The van der Waals surface area contributed by atoms with E-state index in [0.29, 0.717) is 0 Å². The highest BCUT2D eigenvalue weighted by Gasteiger charge is 2.22. The smallest absolute Gasteiger partial charge is 0.138 e. The quantitative estimate of drug-likeness (QED) is 0.352. The zero-order valence-electron chi connectivity index (χ0n) is 12.8. The molecule has 1 aromatic heterocycles. The molecule has 2 nitrogen and oxygen atoms in total. The maximum Gasteiger partial charge on any atom is 0.138 e. The van der Waals surface area contributed by atoms with Crippen LogP contribution in [0.5, 0.6) is 11.5 Å². The largest absolute Gasteiger partial charge is 0.456 e. The van der Waals surface area contributed by atoms with E-state index < -0.39 is 0 Å². The standard InChI is InChI=1S/C22H13NO/c1-3-10-17-15(7-1)21-16-9-5-8-14-13-6-2-4-11-19(13)24-20(22(14)16)12-18(21)23-17/h1-12,23H. The summed E-state index contributed by atoms with van der Waals surface area (Å²) >= 11 is 0. The molecule has 1 aliphatic heterocycles. The molecule has 2 heteroatoms. The van der Waals surface area contributed by atoms with Gasteiger partial charge in [-0.25, -0.2) is 0 Å². The minimum atomic E-state index is 0.924. The highest BCUT2D eigenvalue weighted by Crippen LogP contribution is 2.49. The molecule has 2 heterocycles. The molecular weight excluding hydrogens is 294 g/mol. The van der Waals surface area contributed by atoms with Crippen molar-refractivity contribution in [1.82, 2.24) is 4.98 Å². The van der Waals surface area contributed by atoms with E-state index in [0.717, 1.165) is 28.1 Å². The summed E-state index contributed by atoms with van der Waals surface area (Å²) in [5, 5.41) is 4.98. The van der Waals surface area contributed by atoms with Crippen molar-refractivity contribution in [3.8, 4) is 22.6 Å². The molecule has 0 spiro atoms. The number of ether oxygens (including phenoxy) is 1. The maximum atomic E-state index is 6.23. The third kappa shape index (κ3) is 1.41. The topological polar surface area (TPSA) is 25.0 Å². The third-order valence-electron chi connectivity index (χ3n) is 4.99. The Hall–Kier alpha value is -3.26.